The quantitative estimate of drug-likeness (QED) is 0.492. The molecule has 0 saturated heterocycles. The number of aromatic nitrogens is 1. The maximum absolute atomic E-state index is 10.4. The number of oxazole rings is 1. The van der Waals surface area contributed by atoms with Crippen molar-refractivity contribution in [1.29, 1.82) is 0 Å². The molecule has 2 rings (SSSR count). The van der Waals surface area contributed by atoms with Crippen molar-refractivity contribution in [3.63, 3.8) is 0 Å². The predicted octanol–water partition coefficient (Wildman–Crippen LogP) is 1.77. The molecule has 0 fully saturated rings. The fourth-order valence-electron chi connectivity index (χ4n) is 1.25. The number of hydrogen-bond donors (Lipinski definition) is 1. The largest absolute Gasteiger partial charge is 0.479 e. The van der Waals surface area contributed by atoms with Crippen LogP contribution >= 0.6 is 0 Å². The van der Waals surface area contributed by atoms with Crippen molar-refractivity contribution in [2.45, 2.75) is 0 Å². The zero-order valence-corrected chi connectivity index (χ0v) is 8.36. The van der Waals surface area contributed by atoms with Crippen LogP contribution in [-0.2, 0) is 0 Å². The molecule has 0 aliphatic heterocycles. The van der Waals surface area contributed by atoms with Gasteiger partial charge in [-0.1, -0.05) is 0 Å². The van der Waals surface area contributed by atoms with Crippen LogP contribution < -0.4 is 0 Å². The van der Waals surface area contributed by atoms with Gasteiger partial charge in [-0.2, -0.15) is 0 Å². The van der Waals surface area contributed by atoms with Crippen molar-refractivity contribution in [1.82, 2.24) is 4.98 Å². The summed E-state index contributed by atoms with van der Waals surface area (Å²) in [7, 11) is 0. The Kier molecular flexibility index (Phi) is 2.57. The number of nitrogens with zero attached hydrogens (tertiary/aromatic N) is 2. The van der Waals surface area contributed by atoms with Gasteiger partial charge in [-0.25, -0.2) is 4.98 Å². The third kappa shape index (κ3) is 1.98. The van der Waals surface area contributed by atoms with E-state index in [-0.39, 0.29) is 17.3 Å². The molecule has 2 aromatic rings. The van der Waals surface area contributed by atoms with E-state index in [4.69, 9.17) is 9.52 Å². The lowest BCUT2D eigenvalue weighted by Gasteiger charge is -1.94. The summed E-state index contributed by atoms with van der Waals surface area (Å²) in [6.07, 6.45) is 0.355. The molecule has 0 unspecified atom stereocenters. The lowest BCUT2D eigenvalue weighted by Crippen LogP contribution is -1.87. The summed E-state index contributed by atoms with van der Waals surface area (Å²) in [5, 5.41) is 19.6. The van der Waals surface area contributed by atoms with E-state index in [0.29, 0.717) is 11.8 Å². The second-order valence-electron chi connectivity index (χ2n) is 3.13. The number of nitro benzene ring substituents is 1. The van der Waals surface area contributed by atoms with E-state index in [9.17, 15) is 14.9 Å². The van der Waals surface area contributed by atoms with E-state index >= 15 is 0 Å². The fourth-order valence-corrected chi connectivity index (χ4v) is 1.25. The second kappa shape index (κ2) is 4.05. The topological polar surface area (TPSA) is 106 Å². The normalized spacial score (nSPS) is 10.1. The molecule has 0 aliphatic rings. The van der Waals surface area contributed by atoms with Gasteiger partial charge in [-0.3, -0.25) is 14.9 Å². The van der Waals surface area contributed by atoms with Crippen molar-refractivity contribution in [2.24, 2.45) is 0 Å². The minimum atomic E-state index is -0.576. The molecule has 7 heteroatoms. The van der Waals surface area contributed by atoms with Crippen molar-refractivity contribution >= 4 is 12.0 Å². The summed E-state index contributed by atoms with van der Waals surface area (Å²) >= 11 is 0. The molecule has 0 spiro atoms. The molecule has 17 heavy (non-hydrogen) atoms. The number of non-ortho nitro benzene ring substituents is 1. The Balaban J connectivity index is 2.39. The van der Waals surface area contributed by atoms with Crippen LogP contribution in [0.25, 0.3) is 11.5 Å². The third-order valence-corrected chi connectivity index (χ3v) is 2.07. The Morgan fingerprint density at radius 2 is 2.00 bits per heavy atom. The van der Waals surface area contributed by atoms with E-state index in [1.807, 2.05) is 0 Å². The first kappa shape index (κ1) is 10.8. The van der Waals surface area contributed by atoms with Gasteiger partial charge >= 0.3 is 5.95 Å². The van der Waals surface area contributed by atoms with E-state index < -0.39 is 10.9 Å². The van der Waals surface area contributed by atoms with Crippen molar-refractivity contribution in [3.05, 3.63) is 40.1 Å². The maximum Gasteiger partial charge on any atom is 0.314 e. The minimum absolute atomic E-state index is 0.0273. The molecular weight excluding hydrogens is 228 g/mol. The number of aromatic hydroxyl groups is 1. The van der Waals surface area contributed by atoms with Crippen molar-refractivity contribution in [3.8, 4) is 17.4 Å². The number of rotatable bonds is 3. The average Bonchev–Trinajstić information content (AvgIpc) is 2.70. The number of benzene rings is 1. The maximum atomic E-state index is 10.4. The zero-order valence-electron chi connectivity index (χ0n) is 8.36. The fraction of sp³-hybridized carbons (Fsp3) is 0. The van der Waals surface area contributed by atoms with Crippen LogP contribution in [0.1, 0.15) is 10.5 Å². The van der Waals surface area contributed by atoms with E-state index in [0.717, 1.165) is 0 Å². The summed E-state index contributed by atoms with van der Waals surface area (Å²) in [5.74, 6) is -0.548. The molecule has 1 heterocycles. The molecule has 0 radical (unpaired) electrons. The summed E-state index contributed by atoms with van der Waals surface area (Å²) in [6.45, 7) is 0. The van der Waals surface area contributed by atoms with E-state index in [1.54, 1.807) is 0 Å². The molecule has 7 nitrogen and oxygen atoms in total. The van der Waals surface area contributed by atoms with Gasteiger partial charge < -0.3 is 9.52 Å². The molecular formula is C10H6N2O5. The first-order chi connectivity index (χ1) is 8.11. The Bertz CT molecular complexity index is 573. The van der Waals surface area contributed by atoms with Gasteiger partial charge in [-0.15, -0.1) is 0 Å². The number of nitro groups is 1. The Labute approximate surface area is 94.5 Å². The molecule has 0 bridgehead atoms. The monoisotopic (exact) mass is 234 g/mol. The van der Waals surface area contributed by atoms with Gasteiger partial charge in [0.05, 0.1) is 4.92 Å². The molecule has 1 N–H and O–H groups in total. The van der Waals surface area contributed by atoms with Gasteiger partial charge in [0.15, 0.2) is 12.0 Å². The van der Waals surface area contributed by atoms with Crippen LogP contribution in [-0.4, -0.2) is 21.3 Å². The van der Waals surface area contributed by atoms with Crippen LogP contribution in [0.5, 0.6) is 5.95 Å². The summed E-state index contributed by atoms with van der Waals surface area (Å²) in [4.78, 5) is 24.1. The van der Waals surface area contributed by atoms with Crippen molar-refractivity contribution in [2.75, 3.05) is 0 Å². The summed E-state index contributed by atoms with van der Waals surface area (Å²) in [6, 6.07) is 5.38. The van der Waals surface area contributed by atoms with Crippen LogP contribution in [0.3, 0.4) is 0 Å². The highest BCUT2D eigenvalue weighted by Gasteiger charge is 2.14. The second-order valence-corrected chi connectivity index (χ2v) is 3.13. The van der Waals surface area contributed by atoms with Crippen LogP contribution in [0.2, 0.25) is 0 Å². The Hall–Kier alpha value is -2.70. The number of hydrogen-bond acceptors (Lipinski definition) is 6. The van der Waals surface area contributed by atoms with Gasteiger partial charge in [-0.05, 0) is 12.1 Å². The van der Waals surface area contributed by atoms with Gasteiger partial charge in [0.2, 0.25) is 5.89 Å². The van der Waals surface area contributed by atoms with Gasteiger partial charge in [0, 0.05) is 17.7 Å². The highest BCUT2D eigenvalue weighted by molar-refractivity contribution is 5.76. The van der Waals surface area contributed by atoms with Crippen molar-refractivity contribution < 1.29 is 19.2 Å². The highest BCUT2D eigenvalue weighted by atomic mass is 16.6. The number of carbonyl (C=O) groups is 1. The molecule has 0 amide bonds. The number of aldehydes is 1. The lowest BCUT2D eigenvalue weighted by atomic mass is 10.2. The van der Waals surface area contributed by atoms with Crippen LogP contribution in [0.15, 0.2) is 28.7 Å². The lowest BCUT2D eigenvalue weighted by molar-refractivity contribution is -0.384. The molecule has 0 atom stereocenters. The highest BCUT2D eigenvalue weighted by Crippen LogP contribution is 2.26. The smallest absolute Gasteiger partial charge is 0.314 e. The van der Waals surface area contributed by atoms with Crippen LogP contribution in [0, 0.1) is 10.1 Å². The first-order valence-electron chi connectivity index (χ1n) is 4.51. The third-order valence-electron chi connectivity index (χ3n) is 2.07. The Morgan fingerprint density at radius 3 is 2.47 bits per heavy atom. The standard InChI is InChI=1S/C10H6N2O5/c13-5-8-10(14)17-9(11-8)6-1-3-7(4-2-6)12(15)16/h1-5,14H. The molecule has 0 saturated carbocycles. The van der Waals surface area contributed by atoms with Gasteiger partial charge in [0.1, 0.15) is 0 Å². The molecule has 1 aromatic carbocycles. The van der Waals surface area contributed by atoms with E-state index in [2.05, 4.69) is 4.98 Å². The Morgan fingerprint density at radius 1 is 1.35 bits per heavy atom. The SMILES string of the molecule is O=Cc1nc(-c2ccc([N+](=O)[O-])cc2)oc1O. The summed E-state index contributed by atoms with van der Waals surface area (Å²) < 4.78 is 4.84. The van der Waals surface area contributed by atoms with Crippen LogP contribution in [0.4, 0.5) is 5.69 Å². The number of carbonyl (C=O) groups excluding carboxylic acids is 1. The first-order valence-corrected chi connectivity index (χ1v) is 4.51. The average molecular weight is 234 g/mol. The summed E-state index contributed by atoms with van der Waals surface area (Å²) in [5.41, 5.74) is 0.150. The molecule has 86 valence electrons. The predicted molar refractivity (Wildman–Crippen MR) is 55.6 cm³/mol. The zero-order chi connectivity index (χ0) is 12.4. The van der Waals surface area contributed by atoms with Gasteiger partial charge in [0.25, 0.3) is 5.69 Å². The molecule has 1 aromatic heterocycles. The molecule has 0 aliphatic carbocycles. The van der Waals surface area contributed by atoms with E-state index in [1.165, 1.54) is 24.3 Å². The minimum Gasteiger partial charge on any atom is -0.479 e.